The number of nitrogens with zero attached hydrogens (tertiary/aromatic N) is 4. The fourth-order valence-corrected chi connectivity index (χ4v) is 1.85. The van der Waals surface area contributed by atoms with Crippen LogP contribution < -0.4 is 4.74 Å². The third kappa shape index (κ3) is 4.67. The molecule has 2 aromatic rings. The minimum absolute atomic E-state index is 0.150. The SMILES string of the molecule is CCOC(=O)COc1ccc(Br)cc1C=Nn1cnnc1. The van der Waals surface area contributed by atoms with Crippen molar-refractivity contribution in [3.05, 3.63) is 40.9 Å². The number of benzene rings is 1. The molecule has 1 aromatic heterocycles. The quantitative estimate of drug-likeness (QED) is 0.585. The molecule has 1 heterocycles. The number of ether oxygens (including phenoxy) is 2. The van der Waals surface area contributed by atoms with Gasteiger partial charge in [0.05, 0.1) is 12.8 Å². The minimum Gasteiger partial charge on any atom is -0.481 e. The third-order valence-corrected chi connectivity index (χ3v) is 2.85. The van der Waals surface area contributed by atoms with Crippen LogP contribution in [0.5, 0.6) is 5.75 Å². The summed E-state index contributed by atoms with van der Waals surface area (Å²) in [5, 5.41) is 11.5. The van der Waals surface area contributed by atoms with Crippen molar-refractivity contribution in [1.82, 2.24) is 14.9 Å². The summed E-state index contributed by atoms with van der Waals surface area (Å²) in [6.45, 7) is 1.92. The molecule has 0 unspecified atom stereocenters. The third-order valence-electron chi connectivity index (χ3n) is 2.36. The van der Waals surface area contributed by atoms with Gasteiger partial charge in [-0.05, 0) is 25.1 Å². The molecule has 0 N–H and O–H groups in total. The molecule has 0 spiro atoms. The summed E-state index contributed by atoms with van der Waals surface area (Å²) < 4.78 is 12.6. The number of carbonyl (C=O) groups is 1. The maximum Gasteiger partial charge on any atom is 0.344 e. The van der Waals surface area contributed by atoms with Crippen molar-refractivity contribution < 1.29 is 14.3 Å². The zero-order valence-corrected chi connectivity index (χ0v) is 12.9. The Morgan fingerprint density at radius 3 is 2.90 bits per heavy atom. The second-order valence-electron chi connectivity index (χ2n) is 3.86. The van der Waals surface area contributed by atoms with E-state index >= 15 is 0 Å². The van der Waals surface area contributed by atoms with Crippen molar-refractivity contribution in [2.75, 3.05) is 13.2 Å². The van der Waals surface area contributed by atoms with Crippen molar-refractivity contribution in [3.63, 3.8) is 0 Å². The van der Waals surface area contributed by atoms with Crippen LogP contribution in [0.25, 0.3) is 0 Å². The van der Waals surface area contributed by atoms with Crippen molar-refractivity contribution in [1.29, 1.82) is 0 Å². The molecule has 0 aliphatic heterocycles. The molecule has 0 fully saturated rings. The Labute approximate surface area is 129 Å². The molecule has 0 atom stereocenters. The summed E-state index contributed by atoms with van der Waals surface area (Å²) in [5.41, 5.74) is 0.711. The summed E-state index contributed by atoms with van der Waals surface area (Å²) >= 11 is 3.38. The van der Waals surface area contributed by atoms with Crippen LogP contribution in [0.2, 0.25) is 0 Å². The second-order valence-corrected chi connectivity index (χ2v) is 4.78. The summed E-state index contributed by atoms with van der Waals surface area (Å²) in [6, 6.07) is 5.39. The molecule has 0 aliphatic rings. The van der Waals surface area contributed by atoms with Crippen molar-refractivity contribution >= 4 is 28.1 Å². The van der Waals surface area contributed by atoms with Gasteiger partial charge in [-0.25, -0.2) is 9.47 Å². The Balaban J connectivity index is 2.11. The number of aromatic nitrogens is 3. The van der Waals surface area contributed by atoms with Gasteiger partial charge >= 0.3 is 5.97 Å². The lowest BCUT2D eigenvalue weighted by Gasteiger charge is -2.08. The molecule has 0 saturated carbocycles. The first-order valence-corrected chi connectivity index (χ1v) is 6.95. The van der Waals surface area contributed by atoms with E-state index in [1.54, 1.807) is 19.2 Å². The van der Waals surface area contributed by atoms with Crippen LogP contribution in [0, 0.1) is 0 Å². The normalized spacial score (nSPS) is 10.8. The number of hydrogen-bond acceptors (Lipinski definition) is 6. The average Bonchev–Trinajstić information content (AvgIpc) is 2.97. The van der Waals surface area contributed by atoms with E-state index < -0.39 is 5.97 Å². The molecule has 1 aromatic carbocycles. The Morgan fingerprint density at radius 1 is 1.43 bits per heavy atom. The lowest BCUT2D eigenvalue weighted by atomic mass is 10.2. The standard InChI is InChI=1S/C13H13BrN4O3/c1-2-20-13(19)7-21-12-4-3-11(14)5-10(12)6-17-18-8-15-16-9-18/h3-6,8-9H,2,7H2,1H3. The first-order valence-electron chi connectivity index (χ1n) is 6.16. The molecule has 110 valence electrons. The van der Waals surface area contributed by atoms with Crippen LogP contribution in [-0.2, 0) is 9.53 Å². The van der Waals surface area contributed by atoms with Crippen LogP contribution >= 0.6 is 15.9 Å². The van der Waals surface area contributed by atoms with Gasteiger partial charge in [-0.2, -0.15) is 5.10 Å². The average molecular weight is 353 g/mol. The lowest BCUT2D eigenvalue weighted by Crippen LogP contribution is -2.15. The summed E-state index contributed by atoms with van der Waals surface area (Å²) in [5.74, 6) is 0.116. The Kier molecular flexibility index (Phi) is 5.44. The van der Waals surface area contributed by atoms with Crippen LogP contribution in [0.15, 0.2) is 40.4 Å². The first-order chi connectivity index (χ1) is 10.2. The van der Waals surface area contributed by atoms with E-state index in [4.69, 9.17) is 9.47 Å². The summed E-state index contributed by atoms with van der Waals surface area (Å²) in [7, 11) is 0. The van der Waals surface area contributed by atoms with Gasteiger partial charge < -0.3 is 9.47 Å². The van der Waals surface area contributed by atoms with Gasteiger partial charge in [-0.1, -0.05) is 15.9 Å². The van der Waals surface area contributed by atoms with E-state index in [1.165, 1.54) is 17.3 Å². The number of rotatable bonds is 6. The summed E-state index contributed by atoms with van der Waals surface area (Å²) in [6.07, 6.45) is 4.52. The molecule has 0 saturated heterocycles. The fourth-order valence-electron chi connectivity index (χ4n) is 1.47. The Hall–Kier alpha value is -2.22. The maximum absolute atomic E-state index is 11.3. The minimum atomic E-state index is -0.415. The van der Waals surface area contributed by atoms with Gasteiger partial charge in [0, 0.05) is 10.0 Å². The van der Waals surface area contributed by atoms with E-state index in [0.717, 1.165) is 4.47 Å². The first kappa shape index (κ1) is 15.2. The highest BCUT2D eigenvalue weighted by Crippen LogP contribution is 2.22. The molecule has 7 nitrogen and oxygen atoms in total. The van der Waals surface area contributed by atoms with Crippen molar-refractivity contribution in [2.45, 2.75) is 6.92 Å². The molecular formula is C13H13BrN4O3. The zero-order chi connectivity index (χ0) is 15.1. The van der Waals surface area contributed by atoms with Crippen molar-refractivity contribution in [3.8, 4) is 5.75 Å². The Morgan fingerprint density at radius 2 is 2.19 bits per heavy atom. The van der Waals surface area contributed by atoms with Gasteiger partial charge in [0.25, 0.3) is 0 Å². The number of carbonyl (C=O) groups excluding carboxylic acids is 1. The van der Waals surface area contributed by atoms with Crippen LogP contribution in [0.4, 0.5) is 0 Å². The van der Waals surface area contributed by atoms with E-state index in [-0.39, 0.29) is 6.61 Å². The summed E-state index contributed by atoms with van der Waals surface area (Å²) in [4.78, 5) is 11.3. The van der Waals surface area contributed by atoms with Crippen LogP contribution in [0.1, 0.15) is 12.5 Å². The predicted octanol–water partition coefficient (Wildman–Crippen LogP) is 1.86. The highest BCUT2D eigenvalue weighted by atomic mass is 79.9. The lowest BCUT2D eigenvalue weighted by molar-refractivity contribution is -0.145. The van der Waals surface area contributed by atoms with Gasteiger partial charge in [0.1, 0.15) is 18.4 Å². The molecular weight excluding hydrogens is 340 g/mol. The van der Waals surface area contributed by atoms with Crippen LogP contribution in [-0.4, -0.2) is 40.3 Å². The van der Waals surface area contributed by atoms with E-state index in [2.05, 4.69) is 31.2 Å². The number of esters is 1. The molecule has 0 radical (unpaired) electrons. The largest absolute Gasteiger partial charge is 0.481 e. The van der Waals surface area contributed by atoms with Crippen LogP contribution in [0.3, 0.4) is 0 Å². The smallest absolute Gasteiger partial charge is 0.344 e. The number of hydrogen-bond donors (Lipinski definition) is 0. The molecule has 0 amide bonds. The van der Waals surface area contributed by atoms with Gasteiger partial charge in [-0.15, -0.1) is 10.2 Å². The van der Waals surface area contributed by atoms with Gasteiger partial charge in [0.2, 0.25) is 0 Å². The topological polar surface area (TPSA) is 78.6 Å². The van der Waals surface area contributed by atoms with Gasteiger partial charge in [0.15, 0.2) is 6.61 Å². The molecule has 0 bridgehead atoms. The van der Waals surface area contributed by atoms with Gasteiger partial charge in [-0.3, -0.25) is 0 Å². The molecule has 8 heteroatoms. The van der Waals surface area contributed by atoms with E-state index in [1.807, 2.05) is 12.1 Å². The van der Waals surface area contributed by atoms with Crippen molar-refractivity contribution in [2.24, 2.45) is 5.10 Å². The second kappa shape index (κ2) is 7.53. The highest BCUT2D eigenvalue weighted by Gasteiger charge is 2.07. The molecule has 2 rings (SSSR count). The van der Waals surface area contributed by atoms with E-state index in [0.29, 0.717) is 17.9 Å². The monoisotopic (exact) mass is 352 g/mol. The number of halogens is 1. The molecule has 0 aliphatic carbocycles. The predicted molar refractivity (Wildman–Crippen MR) is 79.3 cm³/mol. The van der Waals surface area contributed by atoms with E-state index in [9.17, 15) is 4.79 Å². The fraction of sp³-hybridized carbons (Fsp3) is 0.231. The molecule has 21 heavy (non-hydrogen) atoms. The zero-order valence-electron chi connectivity index (χ0n) is 11.3. The Bertz CT molecular complexity index is 628. The highest BCUT2D eigenvalue weighted by molar-refractivity contribution is 9.10. The maximum atomic E-state index is 11.3.